The quantitative estimate of drug-likeness (QED) is 0.784. The number of hydrogen-bond donors (Lipinski definition) is 0. The van der Waals surface area contributed by atoms with Crippen LogP contribution in [0.25, 0.3) is 0 Å². The first-order valence-corrected chi connectivity index (χ1v) is 7.09. The van der Waals surface area contributed by atoms with Crippen LogP contribution in [0.3, 0.4) is 0 Å². The lowest BCUT2D eigenvalue weighted by Gasteiger charge is -2.17. The standard InChI is InChI=1S/C13H17F2NO3S/c1-9(2)19-12(17)13(14,15)20(18)11-7-5-10(6-8-11)16(3)4/h5-9H,1-4H3. The lowest BCUT2D eigenvalue weighted by molar-refractivity contribution is -0.164. The maximum atomic E-state index is 13.7. The summed E-state index contributed by atoms with van der Waals surface area (Å²) in [5, 5.41) is -4.07. The van der Waals surface area contributed by atoms with Crippen molar-refractivity contribution < 1.29 is 22.5 Å². The fourth-order valence-electron chi connectivity index (χ4n) is 1.37. The first-order chi connectivity index (χ1) is 9.16. The van der Waals surface area contributed by atoms with Crippen LogP contribution in [0.5, 0.6) is 0 Å². The Balaban J connectivity index is 2.95. The normalized spacial score (nSPS) is 13.2. The molecule has 20 heavy (non-hydrogen) atoms. The van der Waals surface area contributed by atoms with E-state index in [0.29, 0.717) is 0 Å². The van der Waals surface area contributed by atoms with Crippen molar-refractivity contribution >= 4 is 22.5 Å². The summed E-state index contributed by atoms with van der Waals surface area (Å²) >= 11 is 0. The first kappa shape index (κ1) is 16.6. The molecule has 0 saturated carbocycles. The highest BCUT2D eigenvalue weighted by Gasteiger charge is 2.48. The molecule has 0 aliphatic rings. The highest BCUT2D eigenvalue weighted by molar-refractivity contribution is 7.87. The second-order valence-corrected chi connectivity index (χ2v) is 6.15. The number of esters is 1. The molecule has 0 aromatic heterocycles. The maximum Gasteiger partial charge on any atom is 0.420 e. The van der Waals surface area contributed by atoms with Crippen LogP contribution in [0.1, 0.15) is 13.8 Å². The van der Waals surface area contributed by atoms with Crippen LogP contribution in [-0.2, 0) is 20.3 Å². The number of benzene rings is 1. The van der Waals surface area contributed by atoms with E-state index in [1.165, 1.54) is 26.0 Å². The SMILES string of the molecule is CC(C)OC(=O)C(F)(F)S(=O)c1ccc(N(C)C)cc1. The smallest absolute Gasteiger partial charge is 0.420 e. The molecule has 0 saturated heterocycles. The Labute approximate surface area is 119 Å². The Kier molecular flexibility index (Phi) is 5.21. The van der Waals surface area contributed by atoms with E-state index in [2.05, 4.69) is 4.74 Å². The van der Waals surface area contributed by atoms with Crippen molar-refractivity contribution in [1.82, 2.24) is 0 Å². The summed E-state index contributed by atoms with van der Waals surface area (Å²) in [6, 6.07) is 5.72. The van der Waals surface area contributed by atoms with Crippen LogP contribution in [0, 0.1) is 0 Å². The van der Waals surface area contributed by atoms with Crippen molar-refractivity contribution in [1.29, 1.82) is 0 Å². The summed E-state index contributed by atoms with van der Waals surface area (Å²) in [6.45, 7) is 2.89. The highest BCUT2D eigenvalue weighted by atomic mass is 32.2. The number of carbonyl (C=O) groups excluding carboxylic acids is 1. The summed E-state index contributed by atoms with van der Waals surface area (Å²) in [7, 11) is 0.796. The van der Waals surface area contributed by atoms with Gasteiger partial charge in [-0.15, -0.1) is 0 Å². The van der Waals surface area contributed by atoms with Crippen LogP contribution >= 0.6 is 0 Å². The number of alkyl halides is 2. The van der Waals surface area contributed by atoms with Crippen molar-refractivity contribution in [3.63, 3.8) is 0 Å². The zero-order chi connectivity index (χ0) is 15.5. The Morgan fingerprint density at radius 3 is 2.15 bits per heavy atom. The topological polar surface area (TPSA) is 46.6 Å². The van der Waals surface area contributed by atoms with Crippen LogP contribution in [0.2, 0.25) is 0 Å². The number of carbonyl (C=O) groups is 1. The zero-order valence-corrected chi connectivity index (χ0v) is 12.5. The van der Waals surface area contributed by atoms with Crippen molar-refractivity contribution in [2.45, 2.75) is 30.1 Å². The molecule has 0 aliphatic carbocycles. The van der Waals surface area contributed by atoms with Gasteiger partial charge in [0.25, 0.3) is 0 Å². The van der Waals surface area contributed by atoms with Gasteiger partial charge in [-0.25, -0.2) is 9.00 Å². The molecule has 1 atom stereocenters. The van der Waals surface area contributed by atoms with Crippen molar-refractivity contribution in [3.8, 4) is 0 Å². The Hall–Kier alpha value is -1.50. The third-order valence-electron chi connectivity index (χ3n) is 2.38. The van der Waals surface area contributed by atoms with Gasteiger partial charge in [0.2, 0.25) is 0 Å². The zero-order valence-electron chi connectivity index (χ0n) is 11.7. The summed E-state index contributed by atoms with van der Waals surface area (Å²) in [5.41, 5.74) is 0.777. The molecular formula is C13H17F2NO3S. The summed E-state index contributed by atoms with van der Waals surface area (Å²) in [5.74, 6) is -1.78. The summed E-state index contributed by atoms with van der Waals surface area (Å²) in [4.78, 5) is 12.9. The summed E-state index contributed by atoms with van der Waals surface area (Å²) in [6.07, 6.45) is -0.693. The number of halogens is 2. The minimum atomic E-state index is -4.07. The molecule has 1 unspecified atom stereocenters. The fourth-order valence-corrected chi connectivity index (χ4v) is 2.25. The van der Waals surface area contributed by atoms with Crippen molar-refractivity contribution in [3.05, 3.63) is 24.3 Å². The first-order valence-electron chi connectivity index (χ1n) is 5.94. The lowest BCUT2D eigenvalue weighted by Crippen LogP contribution is -2.36. The minimum Gasteiger partial charge on any atom is -0.458 e. The van der Waals surface area contributed by atoms with E-state index in [4.69, 9.17) is 0 Å². The molecule has 0 spiro atoms. The molecule has 0 radical (unpaired) electrons. The molecule has 7 heteroatoms. The van der Waals surface area contributed by atoms with E-state index in [-0.39, 0.29) is 4.90 Å². The second-order valence-electron chi connectivity index (χ2n) is 4.63. The predicted octanol–water partition coefficient (Wildman–Crippen LogP) is 2.40. The molecule has 0 N–H and O–H groups in total. The third kappa shape index (κ3) is 3.75. The molecule has 0 fully saturated rings. The van der Waals surface area contributed by atoms with Gasteiger partial charge in [0.05, 0.1) is 6.10 Å². The van der Waals surface area contributed by atoms with Gasteiger partial charge in [-0.1, -0.05) is 0 Å². The largest absolute Gasteiger partial charge is 0.458 e. The van der Waals surface area contributed by atoms with Crippen molar-refractivity contribution in [2.24, 2.45) is 0 Å². The van der Waals surface area contributed by atoms with Gasteiger partial charge in [-0.2, -0.15) is 8.78 Å². The van der Waals surface area contributed by atoms with Crippen LogP contribution < -0.4 is 4.90 Å². The molecule has 1 aromatic carbocycles. The average molecular weight is 305 g/mol. The molecule has 0 heterocycles. The Bertz CT molecular complexity index is 501. The molecule has 0 amide bonds. The number of anilines is 1. The van der Waals surface area contributed by atoms with E-state index in [9.17, 15) is 17.8 Å². The van der Waals surface area contributed by atoms with Crippen molar-refractivity contribution in [2.75, 3.05) is 19.0 Å². The minimum absolute atomic E-state index is 0.124. The predicted molar refractivity (Wildman–Crippen MR) is 73.4 cm³/mol. The molecule has 112 valence electrons. The molecule has 0 bridgehead atoms. The molecule has 1 rings (SSSR count). The van der Waals surface area contributed by atoms with Gasteiger partial charge in [0.15, 0.2) is 0 Å². The van der Waals surface area contributed by atoms with Gasteiger partial charge in [0, 0.05) is 24.7 Å². The van der Waals surface area contributed by atoms with Gasteiger partial charge in [-0.05, 0) is 38.1 Å². The van der Waals surface area contributed by atoms with Gasteiger partial charge >= 0.3 is 11.2 Å². The number of hydrogen-bond acceptors (Lipinski definition) is 4. The van der Waals surface area contributed by atoms with E-state index < -0.39 is 28.1 Å². The Morgan fingerprint density at radius 1 is 1.25 bits per heavy atom. The molecule has 0 aliphatic heterocycles. The maximum absolute atomic E-state index is 13.7. The average Bonchev–Trinajstić information content (AvgIpc) is 2.37. The van der Waals surface area contributed by atoms with E-state index in [0.717, 1.165) is 5.69 Å². The van der Waals surface area contributed by atoms with E-state index >= 15 is 0 Å². The summed E-state index contributed by atoms with van der Waals surface area (Å²) < 4.78 is 43.7. The van der Waals surface area contributed by atoms with E-state index in [1.807, 2.05) is 0 Å². The van der Waals surface area contributed by atoms with Gasteiger partial charge in [-0.3, -0.25) is 0 Å². The van der Waals surface area contributed by atoms with Crippen LogP contribution in [0.15, 0.2) is 29.2 Å². The number of ether oxygens (including phenoxy) is 1. The molecular weight excluding hydrogens is 288 g/mol. The highest BCUT2D eigenvalue weighted by Crippen LogP contribution is 2.28. The van der Waals surface area contributed by atoms with Gasteiger partial charge < -0.3 is 9.64 Å². The second kappa shape index (κ2) is 6.30. The van der Waals surface area contributed by atoms with E-state index in [1.54, 1.807) is 31.1 Å². The third-order valence-corrected chi connectivity index (χ3v) is 3.71. The number of nitrogens with zero attached hydrogens (tertiary/aromatic N) is 1. The Morgan fingerprint density at radius 2 is 1.75 bits per heavy atom. The molecule has 4 nitrogen and oxygen atoms in total. The van der Waals surface area contributed by atoms with Gasteiger partial charge in [0.1, 0.15) is 10.8 Å². The fraction of sp³-hybridized carbons (Fsp3) is 0.462. The van der Waals surface area contributed by atoms with Crippen LogP contribution in [0.4, 0.5) is 14.5 Å². The van der Waals surface area contributed by atoms with Crippen LogP contribution in [-0.4, -0.2) is 35.6 Å². The monoisotopic (exact) mass is 305 g/mol. The number of rotatable bonds is 5. The molecule has 1 aromatic rings. The lowest BCUT2D eigenvalue weighted by atomic mass is 10.3.